The molecule has 0 bridgehead atoms. The van der Waals surface area contributed by atoms with E-state index in [9.17, 15) is 0 Å². The molecule has 2 aliphatic rings. The molecule has 1 nitrogen and oxygen atoms in total. The van der Waals surface area contributed by atoms with Crippen LogP contribution in [0.1, 0.15) is 20.3 Å². The second kappa shape index (κ2) is 3.06. The van der Waals surface area contributed by atoms with Gasteiger partial charge in [0.2, 0.25) is 0 Å². The van der Waals surface area contributed by atoms with Crippen LogP contribution in [0.15, 0.2) is 23.8 Å². The Morgan fingerprint density at radius 2 is 2.25 bits per heavy atom. The number of hydrogen-bond acceptors (Lipinski definition) is 1. The molecule has 0 amide bonds. The minimum Gasteiger partial charge on any atom is -0.311 e. The highest BCUT2D eigenvalue weighted by molar-refractivity contribution is 5.21. The smallest absolute Gasteiger partial charge is 0.0227 e. The minimum atomic E-state index is 0.865. The largest absolute Gasteiger partial charge is 0.311 e. The Kier molecular flexibility index (Phi) is 2.05. The number of nitrogens with one attached hydrogen (secondary N) is 1. The molecule has 1 saturated carbocycles. The summed E-state index contributed by atoms with van der Waals surface area (Å²) in [5.74, 6) is 1.85. The average molecular weight is 163 g/mol. The first-order chi connectivity index (χ1) is 5.83. The molecule has 0 aromatic heterocycles. The predicted octanol–water partition coefficient (Wildman–Crippen LogP) is 2.12. The average Bonchev–Trinajstić information content (AvgIpc) is 2.86. The number of allylic oxidation sites excluding steroid dienone is 4. The van der Waals surface area contributed by atoms with Crippen LogP contribution < -0.4 is 5.32 Å². The second-order valence-electron chi connectivity index (χ2n) is 3.96. The van der Waals surface area contributed by atoms with Gasteiger partial charge in [0.1, 0.15) is 0 Å². The van der Waals surface area contributed by atoms with E-state index in [2.05, 4.69) is 37.4 Å². The quantitative estimate of drug-likeness (QED) is 0.499. The van der Waals surface area contributed by atoms with Crippen molar-refractivity contribution in [2.75, 3.05) is 6.54 Å². The maximum atomic E-state index is 3.39. The molecule has 2 rings (SSSR count). The van der Waals surface area contributed by atoms with Crippen LogP contribution in [0, 0.1) is 11.8 Å². The zero-order valence-electron chi connectivity index (χ0n) is 7.88. The molecule has 1 aliphatic carbocycles. The summed E-state index contributed by atoms with van der Waals surface area (Å²) in [4.78, 5) is 0. The van der Waals surface area contributed by atoms with Crippen LogP contribution in [-0.4, -0.2) is 12.6 Å². The first kappa shape index (κ1) is 8.06. The molecule has 3 unspecified atom stereocenters. The number of rotatable bonds is 3. The van der Waals surface area contributed by atoms with Crippen LogP contribution in [-0.2, 0) is 0 Å². The first-order valence-corrected chi connectivity index (χ1v) is 4.86. The van der Waals surface area contributed by atoms with E-state index >= 15 is 0 Å². The monoisotopic (exact) mass is 163 g/mol. The Morgan fingerprint density at radius 3 is 2.83 bits per heavy atom. The van der Waals surface area contributed by atoms with Crippen molar-refractivity contribution < 1.29 is 0 Å². The van der Waals surface area contributed by atoms with Crippen LogP contribution >= 0.6 is 0 Å². The number of hydrogen-bond donors (Lipinski definition) is 1. The fraction of sp³-hybridized carbons (Fsp3) is 0.636. The molecule has 3 atom stereocenters. The predicted molar refractivity (Wildman–Crippen MR) is 52.0 cm³/mol. The topological polar surface area (TPSA) is 21.9 Å². The fourth-order valence-electron chi connectivity index (χ4n) is 1.93. The third-order valence-corrected chi connectivity index (χ3v) is 2.93. The van der Waals surface area contributed by atoms with Gasteiger partial charge in [-0.1, -0.05) is 23.8 Å². The summed E-state index contributed by atoms with van der Waals surface area (Å²) in [7, 11) is 0. The van der Waals surface area contributed by atoms with Crippen molar-refractivity contribution in [3.05, 3.63) is 23.8 Å². The highest BCUT2D eigenvalue weighted by Gasteiger charge is 2.47. The van der Waals surface area contributed by atoms with Crippen LogP contribution in [0.25, 0.3) is 0 Å². The van der Waals surface area contributed by atoms with Gasteiger partial charge in [-0.2, -0.15) is 0 Å². The lowest BCUT2D eigenvalue weighted by molar-refractivity contribution is 0.744. The van der Waals surface area contributed by atoms with E-state index in [0.717, 1.165) is 17.9 Å². The van der Waals surface area contributed by atoms with Crippen molar-refractivity contribution in [3.8, 4) is 0 Å². The van der Waals surface area contributed by atoms with Gasteiger partial charge in [-0.05, 0) is 32.1 Å². The van der Waals surface area contributed by atoms with Gasteiger partial charge in [-0.25, -0.2) is 0 Å². The normalized spacial score (nSPS) is 40.5. The summed E-state index contributed by atoms with van der Waals surface area (Å²) in [6.07, 6.45) is 7.91. The van der Waals surface area contributed by atoms with E-state index in [-0.39, 0.29) is 0 Å². The highest BCUT2D eigenvalue weighted by Crippen LogP contribution is 2.48. The SMILES string of the molecule is C/C=C\C=C(/C)C1CC1C1CN1. The van der Waals surface area contributed by atoms with Crippen molar-refractivity contribution in [3.63, 3.8) is 0 Å². The van der Waals surface area contributed by atoms with Crippen molar-refractivity contribution >= 4 is 0 Å². The Hall–Kier alpha value is -0.560. The zero-order valence-corrected chi connectivity index (χ0v) is 7.88. The van der Waals surface area contributed by atoms with Crippen LogP contribution in [0.3, 0.4) is 0 Å². The Labute approximate surface area is 74.5 Å². The molecule has 0 aromatic rings. The molecular formula is C11H17N. The Bertz CT molecular complexity index is 223. The summed E-state index contributed by atoms with van der Waals surface area (Å²) < 4.78 is 0. The minimum absolute atomic E-state index is 0.865. The lowest BCUT2D eigenvalue weighted by atomic mass is 10.1. The van der Waals surface area contributed by atoms with Gasteiger partial charge >= 0.3 is 0 Å². The van der Waals surface area contributed by atoms with Gasteiger partial charge in [0.15, 0.2) is 0 Å². The molecule has 12 heavy (non-hydrogen) atoms. The maximum Gasteiger partial charge on any atom is 0.0227 e. The van der Waals surface area contributed by atoms with Gasteiger partial charge < -0.3 is 5.32 Å². The fourth-order valence-corrected chi connectivity index (χ4v) is 1.93. The van der Waals surface area contributed by atoms with E-state index in [0.29, 0.717) is 0 Å². The summed E-state index contributed by atoms with van der Waals surface area (Å²) >= 11 is 0. The molecule has 1 saturated heterocycles. The van der Waals surface area contributed by atoms with Gasteiger partial charge in [0.05, 0.1) is 0 Å². The van der Waals surface area contributed by atoms with Gasteiger partial charge in [-0.3, -0.25) is 0 Å². The molecule has 0 spiro atoms. The maximum absolute atomic E-state index is 3.39. The van der Waals surface area contributed by atoms with Crippen LogP contribution in [0.2, 0.25) is 0 Å². The van der Waals surface area contributed by atoms with E-state index in [1.165, 1.54) is 13.0 Å². The summed E-state index contributed by atoms with van der Waals surface area (Å²) in [5, 5.41) is 3.39. The van der Waals surface area contributed by atoms with Crippen LogP contribution in [0.4, 0.5) is 0 Å². The molecule has 2 fully saturated rings. The van der Waals surface area contributed by atoms with E-state index in [1.807, 2.05) is 0 Å². The Morgan fingerprint density at radius 1 is 1.50 bits per heavy atom. The van der Waals surface area contributed by atoms with Crippen molar-refractivity contribution in [1.82, 2.24) is 5.32 Å². The van der Waals surface area contributed by atoms with E-state index in [4.69, 9.17) is 0 Å². The zero-order chi connectivity index (χ0) is 8.55. The molecule has 0 radical (unpaired) electrons. The summed E-state index contributed by atoms with van der Waals surface area (Å²) in [6, 6.07) is 0.865. The van der Waals surface area contributed by atoms with Crippen molar-refractivity contribution in [2.24, 2.45) is 11.8 Å². The highest BCUT2D eigenvalue weighted by atomic mass is 15.1. The molecular weight excluding hydrogens is 146 g/mol. The first-order valence-electron chi connectivity index (χ1n) is 4.86. The molecule has 1 heterocycles. The van der Waals surface area contributed by atoms with Crippen molar-refractivity contribution in [2.45, 2.75) is 26.3 Å². The lowest BCUT2D eigenvalue weighted by Gasteiger charge is -1.95. The summed E-state index contributed by atoms with van der Waals surface area (Å²) in [5.41, 5.74) is 1.56. The molecule has 1 N–H and O–H groups in total. The van der Waals surface area contributed by atoms with Crippen LogP contribution in [0.5, 0.6) is 0 Å². The summed E-state index contributed by atoms with van der Waals surface area (Å²) in [6.45, 7) is 5.59. The molecule has 1 heteroatoms. The van der Waals surface area contributed by atoms with E-state index < -0.39 is 0 Å². The second-order valence-corrected chi connectivity index (χ2v) is 3.96. The third kappa shape index (κ3) is 1.61. The molecule has 1 aliphatic heterocycles. The van der Waals surface area contributed by atoms with Gasteiger partial charge in [0.25, 0.3) is 0 Å². The Balaban J connectivity index is 1.86. The third-order valence-electron chi connectivity index (χ3n) is 2.93. The van der Waals surface area contributed by atoms with Crippen molar-refractivity contribution in [1.29, 1.82) is 0 Å². The lowest BCUT2D eigenvalue weighted by Crippen LogP contribution is -1.96. The van der Waals surface area contributed by atoms with E-state index in [1.54, 1.807) is 5.57 Å². The van der Waals surface area contributed by atoms with Gasteiger partial charge in [0, 0.05) is 12.6 Å². The standard InChI is InChI=1S/C11H17N/c1-3-4-5-8(2)9-6-10(9)11-7-12-11/h3-5,9-12H,6-7H2,1-2H3/b4-3-,8-5+. The molecule has 0 aromatic carbocycles. The molecule has 66 valence electrons. The van der Waals surface area contributed by atoms with Gasteiger partial charge in [-0.15, -0.1) is 0 Å².